The van der Waals surface area contributed by atoms with E-state index in [4.69, 9.17) is 0 Å². The summed E-state index contributed by atoms with van der Waals surface area (Å²) in [6.07, 6.45) is 9.16. The molecule has 8 nitrogen and oxygen atoms in total. The molecule has 1 aliphatic rings. The van der Waals surface area contributed by atoms with Crippen LogP contribution >= 0.6 is 0 Å². The summed E-state index contributed by atoms with van der Waals surface area (Å²) in [5.41, 5.74) is 7.72. The molecule has 0 spiro atoms. The van der Waals surface area contributed by atoms with Gasteiger partial charge in [0.05, 0.1) is 10.6 Å². The molecular formula is C18H22N6O2. The lowest BCUT2D eigenvalue weighted by Gasteiger charge is -2.14. The highest BCUT2D eigenvalue weighted by atomic mass is 16.6. The average molecular weight is 354 g/mol. The van der Waals surface area contributed by atoms with Crippen molar-refractivity contribution in [2.75, 3.05) is 22.7 Å². The maximum absolute atomic E-state index is 11.5. The monoisotopic (exact) mass is 354 g/mol. The Balaban J connectivity index is 1.67. The first-order valence-corrected chi connectivity index (χ1v) is 8.72. The summed E-state index contributed by atoms with van der Waals surface area (Å²) in [6.45, 7) is 0.606. The number of rotatable bonds is 8. The zero-order valence-electron chi connectivity index (χ0n) is 14.4. The summed E-state index contributed by atoms with van der Waals surface area (Å²) in [4.78, 5) is 19.1. The van der Waals surface area contributed by atoms with Crippen molar-refractivity contribution >= 4 is 23.0 Å². The van der Waals surface area contributed by atoms with Gasteiger partial charge >= 0.3 is 5.69 Å². The predicted octanol–water partition coefficient (Wildman–Crippen LogP) is 4.13. The van der Waals surface area contributed by atoms with Crippen molar-refractivity contribution in [2.24, 2.45) is 0 Å². The predicted molar refractivity (Wildman–Crippen MR) is 102 cm³/mol. The third-order valence-electron chi connectivity index (χ3n) is 4.23. The Kier molecular flexibility index (Phi) is 5.97. The van der Waals surface area contributed by atoms with E-state index in [9.17, 15) is 10.1 Å². The summed E-state index contributed by atoms with van der Waals surface area (Å²) in [7, 11) is 0. The minimum absolute atomic E-state index is 0.119. The average Bonchev–Trinajstić information content (AvgIpc) is 2.68. The molecule has 0 unspecified atom stereocenters. The summed E-state index contributed by atoms with van der Waals surface area (Å²) >= 11 is 0. The van der Waals surface area contributed by atoms with Crippen LogP contribution in [0.2, 0.25) is 0 Å². The first kappa shape index (κ1) is 17.7. The van der Waals surface area contributed by atoms with Gasteiger partial charge in [-0.2, -0.15) is 0 Å². The summed E-state index contributed by atoms with van der Waals surface area (Å²) in [6, 6.07) is 9.31. The van der Waals surface area contributed by atoms with E-state index in [1.54, 1.807) is 0 Å². The molecule has 1 aliphatic carbocycles. The fraction of sp³-hybridized carbons (Fsp3) is 0.333. The lowest BCUT2D eigenvalue weighted by atomic mass is 9.97. The lowest BCUT2D eigenvalue weighted by molar-refractivity contribution is -0.383. The van der Waals surface area contributed by atoms with Gasteiger partial charge in [0.15, 0.2) is 0 Å². The van der Waals surface area contributed by atoms with Gasteiger partial charge in [-0.3, -0.25) is 21.0 Å². The van der Waals surface area contributed by atoms with E-state index in [0.29, 0.717) is 6.54 Å². The number of nitrogens with zero attached hydrogens (tertiary/aromatic N) is 3. The van der Waals surface area contributed by atoms with Crippen LogP contribution in [0, 0.1) is 10.1 Å². The standard InChI is InChI=1S/C18H22N6O2/c25-24(26)16-17(19-12-11-14-7-3-1-4-8-14)20-13-21-18(16)23-22-15-9-5-2-6-10-15/h2,5-7,9-10,13,22H,1,3-4,8,11-12H2,(H2,19,20,21,23). The Bertz CT molecular complexity index is 779. The normalized spacial score (nSPS) is 13.6. The molecule has 3 rings (SSSR count). The molecule has 3 N–H and O–H groups in total. The van der Waals surface area contributed by atoms with Crippen LogP contribution in [0.3, 0.4) is 0 Å². The fourth-order valence-corrected chi connectivity index (χ4v) is 2.90. The van der Waals surface area contributed by atoms with E-state index in [-0.39, 0.29) is 17.3 Å². The van der Waals surface area contributed by atoms with E-state index in [1.807, 2.05) is 30.3 Å². The van der Waals surface area contributed by atoms with Crippen molar-refractivity contribution in [3.05, 3.63) is 58.4 Å². The molecule has 2 aromatic rings. The highest BCUT2D eigenvalue weighted by Crippen LogP contribution is 2.29. The topological polar surface area (TPSA) is 105 Å². The van der Waals surface area contributed by atoms with Gasteiger partial charge in [0.1, 0.15) is 6.33 Å². The van der Waals surface area contributed by atoms with Crippen molar-refractivity contribution in [1.82, 2.24) is 9.97 Å². The van der Waals surface area contributed by atoms with E-state index in [1.165, 1.54) is 24.7 Å². The van der Waals surface area contributed by atoms with Crippen LogP contribution in [-0.2, 0) is 0 Å². The Labute approximate surface area is 151 Å². The second-order valence-corrected chi connectivity index (χ2v) is 6.08. The number of allylic oxidation sites excluding steroid dienone is 1. The Morgan fingerprint density at radius 1 is 1.08 bits per heavy atom. The molecule has 0 fully saturated rings. The highest BCUT2D eigenvalue weighted by Gasteiger charge is 2.22. The van der Waals surface area contributed by atoms with Crippen LogP contribution in [0.25, 0.3) is 0 Å². The van der Waals surface area contributed by atoms with E-state index in [2.05, 4.69) is 32.2 Å². The van der Waals surface area contributed by atoms with Crippen molar-refractivity contribution in [2.45, 2.75) is 32.1 Å². The molecule has 1 aromatic carbocycles. The quantitative estimate of drug-likeness (QED) is 0.372. The molecule has 26 heavy (non-hydrogen) atoms. The number of para-hydroxylation sites is 1. The van der Waals surface area contributed by atoms with E-state index >= 15 is 0 Å². The first-order chi connectivity index (χ1) is 12.7. The van der Waals surface area contributed by atoms with Crippen LogP contribution < -0.4 is 16.2 Å². The van der Waals surface area contributed by atoms with Gasteiger partial charge < -0.3 is 5.32 Å². The van der Waals surface area contributed by atoms with Gasteiger partial charge in [-0.15, -0.1) is 0 Å². The highest BCUT2D eigenvalue weighted by molar-refractivity contribution is 5.70. The number of anilines is 3. The van der Waals surface area contributed by atoms with Crippen LogP contribution in [0.5, 0.6) is 0 Å². The summed E-state index contributed by atoms with van der Waals surface area (Å²) < 4.78 is 0. The molecule has 1 aromatic heterocycles. The maximum atomic E-state index is 11.5. The Morgan fingerprint density at radius 2 is 1.88 bits per heavy atom. The second kappa shape index (κ2) is 8.80. The van der Waals surface area contributed by atoms with Crippen molar-refractivity contribution in [3.63, 3.8) is 0 Å². The third kappa shape index (κ3) is 4.69. The number of nitro groups is 1. The van der Waals surface area contributed by atoms with Crippen molar-refractivity contribution < 1.29 is 4.92 Å². The lowest BCUT2D eigenvalue weighted by Crippen LogP contribution is -2.14. The molecule has 0 saturated heterocycles. The van der Waals surface area contributed by atoms with E-state index in [0.717, 1.165) is 24.9 Å². The van der Waals surface area contributed by atoms with Gasteiger partial charge in [0.25, 0.3) is 0 Å². The number of hydrogen-bond donors (Lipinski definition) is 3. The Hall–Kier alpha value is -3.16. The van der Waals surface area contributed by atoms with Gasteiger partial charge in [-0.25, -0.2) is 9.97 Å². The van der Waals surface area contributed by atoms with Crippen LogP contribution in [0.4, 0.5) is 23.0 Å². The SMILES string of the molecule is O=[N+]([O-])c1c(NCCC2=CCCCC2)ncnc1NNc1ccccc1. The van der Waals surface area contributed by atoms with Crippen molar-refractivity contribution in [3.8, 4) is 0 Å². The molecular weight excluding hydrogens is 332 g/mol. The smallest absolute Gasteiger partial charge is 0.354 e. The number of aromatic nitrogens is 2. The molecule has 0 radical (unpaired) electrons. The number of hydrazine groups is 1. The van der Waals surface area contributed by atoms with Gasteiger partial charge in [0.2, 0.25) is 11.6 Å². The number of hydrogen-bond acceptors (Lipinski definition) is 7. The molecule has 8 heteroatoms. The minimum Gasteiger partial charge on any atom is -0.364 e. The molecule has 0 aliphatic heterocycles. The second-order valence-electron chi connectivity index (χ2n) is 6.08. The zero-order valence-corrected chi connectivity index (χ0v) is 14.4. The molecule has 0 bridgehead atoms. The number of nitrogens with one attached hydrogen (secondary N) is 3. The fourth-order valence-electron chi connectivity index (χ4n) is 2.90. The minimum atomic E-state index is -0.475. The molecule has 1 heterocycles. The van der Waals surface area contributed by atoms with Crippen LogP contribution in [-0.4, -0.2) is 21.4 Å². The molecule has 0 atom stereocenters. The third-order valence-corrected chi connectivity index (χ3v) is 4.23. The van der Waals surface area contributed by atoms with Crippen LogP contribution in [0.15, 0.2) is 48.3 Å². The molecule has 0 saturated carbocycles. The maximum Gasteiger partial charge on any atom is 0.354 e. The zero-order chi connectivity index (χ0) is 18.2. The van der Waals surface area contributed by atoms with Gasteiger partial charge in [0, 0.05) is 6.54 Å². The largest absolute Gasteiger partial charge is 0.364 e. The van der Waals surface area contributed by atoms with Crippen LogP contribution in [0.1, 0.15) is 32.1 Å². The summed E-state index contributed by atoms with van der Waals surface area (Å²) in [5, 5.41) is 14.6. The Morgan fingerprint density at radius 3 is 2.62 bits per heavy atom. The molecule has 136 valence electrons. The molecule has 0 amide bonds. The summed E-state index contributed by atoms with van der Waals surface area (Å²) in [5.74, 6) is 0.340. The van der Waals surface area contributed by atoms with Gasteiger partial charge in [-0.1, -0.05) is 29.8 Å². The van der Waals surface area contributed by atoms with Gasteiger partial charge in [-0.05, 0) is 44.2 Å². The van der Waals surface area contributed by atoms with E-state index < -0.39 is 4.92 Å². The first-order valence-electron chi connectivity index (χ1n) is 8.72. The number of benzene rings is 1. The van der Waals surface area contributed by atoms with Crippen molar-refractivity contribution in [1.29, 1.82) is 0 Å².